The molecule has 5 nitrogen and oxygen atoms in total. The number of benzene rings is 2. The van der Waals surface area contributed by atoms with Crippen LogP contribution < -0.4 is 14.8 Å². The standard InChI is InChI=1S/C19H23NO4/c1-3-18(21)14-5-9-17(10-6-14)24-13-19(22)20-15-7-11-16(12-8-15)23-4-2/h5-12,18,21H,3-4,13H2,1-2H3,(H,20,22). The molecule has 0 radical (unpaired) electrons. The van der Waals surface area contributed by atoms with Crippen LogP contribution in [0.25, 0.3) is 0 Å². The van der Waals surface area contributed by atoms with Crippen LogP contribution in [0.15, 0.2) is 48.5 Å². The van der Waals surface area contributed by atoms with Crippen molar-refractivity contribution < 1.29 is 19.4 Å². The summed E-state index contributed by atoms with van der Waals surface area (Å²) in [6, 6.07) is 14.3. The summed E-state index contributed by atoms with van der Waals surface area (Å²) in [6.45, 7) is 4.36. The number of aliphatic hydroxyl groups excluding tert-OH is 1. The molecule has 1 unspecified atom stereocenters. The molecule has 1 atom stereocenters. The number of anilines is 1. The summed E-state index contributed by atoms with van der Waals surface area (Å²) in [5.41, 5.74) is 1.53. The zero-order valence-electron chi connectivity index (χ0n) is 14.0. The van der Waals surface area contributed by atoms with Crippen LogP contribution in [0.4, 0.5) is 5.69 Å². The second-order valence-corrected chi connectivity index (χ2v) is 5.29. The van der Waals surface area contributed by atoms with Crippen LogP contribution in [-0.4, -0.2) is 24.2 Å². The Balaban J connectivity index is 1.82. The highest BCUT2D eigenvalue weighted by atomic mass is 16.5. The van der Waals surface area contributed by atoms with E-state index in [-0.39, 0.29) is 12.5 Å². The lowest BCUT2D eigenvalue weighted by atomic mass is 10.1. The van der Waals surface area contributed by atoms with Gasteiger partial charge in [-0.15, -0.1) is 0 Å². The van der Waals surface area contributed by atoms with Crippen molar-refractivity contribution in [3.05, 3.63) is 54.1 Å². The first-order valence-electron chi connectivity index (χ1n) is 8.06. The van der Waals surface area contributed by atoms with Gasteiger partial charge in [0.2, 0.25) is 0 Å². The highest BCUT2D eigenvalue weighted by Gasteiger charge is 2.06. The number of amides is 1. The molecule has 0 aliphatic rings. The molecular weight excluding hydrogens is 306 g/mol. The highest BCUT2D eigenvalue weighted by molar-refractivity contribution is 5.91. The van der Waals surface area contributed by atoms with Crippen LogP contribution in [0.3, 0.4) is 0 Å². The molecule has 2 aromatic rings. The zero-order chi connectivity index (χ0) is 17.4. The fourth-order valence-electron chi connectivity index (χ4n) is 2.17. The van der Waals surface area contributed by atoms with Crippen molar-refractivity contribution >= 4 is 11.6 Å². The molecule has 0 saturated heterocycles. The van der Waals surface area contributed by atoms with Crippen LogP contribution in [0.2, 0.25) is 0 Å². The number of aliphatic hydroxyl groups is 1. The molecule has 128 valence electrons. The lowest BCUT2D eigenvalue weighted by molar-refractivity contribution is -0.118. The van der Waals surface area contributed by atoms with Crippen LogP contribution in [-0.2, 0) is 4.79 Å². The van der Waals surface area contributed by atoms with E-state index in [2.05, 4.69) is 5.32 Å². The Morgan fingerprint density at radius 1 is 1.00 bits per heavy atom. The molecule has 2 rings (SSSR count). The fourth-order valence-corrected chi connectivity index (χ4v) is 2.17. The lowest BCUT2D eigenvalue weighted by Crippen LogP contribution is -2.20. The van der Waals surface area contributed by atoms with Crippen molar-refractivity contribution in [1.82, 2.24) is 0 Å². The number of nitrogens with one attached hydrogen (secondary N) is 1. The summed E-state index contributed by atoms with van der Waals surface area (Å²) in [4.78, 5) is 11.9. The normalized spacial score (nSPS) is 11.6. The number of rotatable bonds is 8. The number of hydrogen-bond donors (Lipinski definition) is 2. The van der Waals surface area contributed by atoms with Crippen molar-refractivity contribution in [2.75, 3.05) is 18.5 Å². The molecule has 0 bridgehead atoms. The Morgan fingerprint density at radius 2 is 1.58 bits per heavy atom. The van der Waals surface area contributed by atoms with E-state index in [9.17, 15) is 9.90 Å². The second-order valence-electron chi connectivity index (χ2n) is 5.29. The van der Waals surface area contributed by atoms with Crippen molar-refractivity contribution in [3.8, 4) is 11.5 Å². The summed E-state index contributed by atoms with van der Waals surface area (Å²) < 4.78 is 10.8. The smallest absolute Gasteiger partial charge is 0.262 e. The van der Waals surface area contributed by atoms with Gasteiger partial charge in [0.05, 0.1) is 12.7 Å². The third-order valence-corrected chi connectivity index (χ3v) is 3.47. The molecule has 0 heterocycles. The van der Waals surface area contributed by atoms with Gasteiger partial charge in [-0.3, -0.25) is 4.79 Å². The predicted molar refractivity (Wildman–Crippen MR) is 93.4 cm³/mol. The molecule has 1 amide bonds. The molecular formula is C19H23NO4. The lowest BCUT2D eigenvalue weighted by Gasteiger charge is -2.10. The minimum Gasteiger partial charge on any atom is -0.494 e. The maximum atomic E-state index is 11.9. The number of carbonyl (C=O) groups excluding carboxylic acids is 1. The van der Waals surface area contributed by atoms with Crippen molar-refractivity contribution in [2.45, 2.75) is 26.4 Å². The minimum atomic E-state index is -0.470. The fraction of sp³-hybridized carbons (Fsp3) is 0.316. The summed E-state index contributed by atoms with van der Waals surface area (Å²) in [5.74, 6) is 1.11. The first kappa shape index (κ1) is 17.8. The maximum Gasteiger partial charge on any atom is 0.262 e. The van der Waals surface area contributed by atoms with E-state index in [1.165, 1.54) is 0 Å². The topological polar surface area (TPSA) is 67.8 Å². The van der Waals surface area contributed by atoms with Gasteiger partial charge < -0.3 is 19.9 Å². The van der Waals surface area contributed by atoms with E-state index >= 15 is 0 Å². The Kier molecular flexibility index (Phi) is 6.63. The monoisotopic (exact) mass is 329 g/mol. The Morgan fingerprint density at radius 3 is 2.17 bits per heavy atom. The zero-order valence-corrected chi connectivity index (χ0v) is 14.0. The average Bonchev–Trinajstić information content (AvgIpc) is 2.61. The van der Waals surface area contributed by atoms with Gasteiger partial charge >= 0.3 is 0 Å². The summed E-state index contributed by atoms with van der Waals surface area (Å²) in [5, 5.41) is 12.5. The molecule has 0 aromatic heterocycles. The third-order valence-electron chi connectivity index (χ3n) is 3.47. The largest absolute Gasteiger partial charge is 0.494 e. The van der Waals surface area contributed by atoms with Gasteiger partial charge in [-0.05, 0) is 55.3 Å². The SMILES string of the molecule is CCOc1ccc(NC(=O)COc2ccc(C(O)CC)cc2)cc1. The molecule has 0 saturated carbocycles. The Hall–Kier alpha value is -2.53. The summed E-state index contributed by atoms with van der Waals surface area (Å²) in [6.07, 6.45) is 0.187. The molecule has 2 N–H and O–H groups in total. The predicted octanol–water partition coefficient (Wildman–Crippen LogP) is 3.55. The van der Waals surface area contributed by atoms with E-state index in [1.807, 2.05) is 13.8 Å². The van der Waals surface area contributed by atoms with Gasteiger partial charge in [-0.1, -0.05) is 19.1 Å². The number of hydrogen-bond acceptors (Lipinski definition) is 4. The molecule has 0 spiro atoms. The molecule has 0 fully saturated rings. The number of carbonyl (C=O) groups is 1. The van der Waals surface area contributed by atoms with Crippen molar-refractivity contribution in [1.29, 1.82) is 0 Å². The summed E-state index contributed by atoms with van der Waals surface area (Å²) >= 11 is 0. The van der Waals surface area contributed by atoms with Gasteiger partial charge in [0.15, 0.2) is 6.61 Å². The average molecular weight is 329 g/mol. The van der Waals surface area contributed by atoms with Crippen LogP contribution in [0.5, 0.6) is 11.5 Å². The second kappa shape index (κ2) is 8.93. The van der Waals surface area contributed by atoms with E-state index < -0.39 is 6.10 Å². The van der Waals surface area contributed by atoms with E-state index in [1.54, 1.807) is 48.5 Å². The van der Waals surface area contributed by atoms with Crippen LogP contribution >= 0.6 is 0 Å². The quantitative estimate of drug-likeness (QED) is 0.777. The van der Waals surface area contributed by atoms with Gasteiger partial charge in [0.1, 0.15) is 11.5 Å². The van der Waals surface area contributed by atoms with Crippen LogP contribution in [0.1, 0.15) is 31.9 Å². The van der Waals surface area contributed by atoms with E-state index in [0.717, 1.165) is 11.3 Å². The molecule has 0 aliphatic heterocycles. The van der Waals surface area contributed by atoms with E-state index in [0.29, 0.717) is 24.5 Å². The third kappa shape index (κ3) is 5.28. The summed E-state index contributed by atoms with van der Waals surface area (Å²) in [7, 11) is 0. The molecule has 2 aromatic carbocycles. The number of ether oxygens (including phenoxy) is 2. The first-order chi connectivity index (χ1) is 11.6. The van der Waals surface area contributed by atoms with Gasteiger partial charge in [-0.2, -0.15) is 0 Å². The molecule has 24 heavy (non-hydrogen) atoms. The Labute approximate surface area is 142 Å². The van der Waals surface area contributed by atoms with Crippen molar-refractivity contribution in [3.63, 3.8) is 0 Å². The maximum absolute atomic E-state index is 11.9. The molecule has 0 aliphatic carbocycles. The first-order valence-corrected chi connectivity index (χ1v) is 8.06. The Bertz CT molecular complexity index is 637. The van der Waals surface area contributed by atoms with Gasteiger partial charge in [0.25, 0.3) is 5.91 Å². The minimum absolute atomic E-state index is 0.0805. The highest BCUT2D eigenvalue weighted by Crippen LogP contribution is 2.20. The van der Waals surface area contributed by atoms with Crippen LogP contribution in [0, 0.1) is 0 Å². The van der Waals surface area contributed by atoms with Crippen molar-refractivity contribution in [2.24, 2.45) is 0 Å². The van der Waals surface area contributed by atoms with Gasteiger partial charge in [0, 0.05) is 5.69 Å². The molecule has 5 heteroatoms. The van der Waals surface area contributed by atoms with E-state index in [4.69, 9.17) is 9.47 Å². The van der Waals surface area contributed by atoms with Gasteiger partial charge in [-0.25, -0.2) is 0 Å².